The number of nitro benzene ring substituents is 2. The van der Waals surface area contributed by atoms with E-state index >= 15 is 0 Å². The van der Waals surface area contributed by atoms with Gasteiger partial charge in [0.25, 0.3) is 11.4 Å². The summed E-state index contributed by atoms with van der Waals surface area (Å²) in [5, 5.41) is 30.8. The molecular weight excluding hydrogens is 575 g/mol. The summed E-state index contributed by atoms with van der Waals surface area (Å²) >= 11 is 7.04. The highest BCUT2D eigenvalue weighted by Crippen LogP contribution is 2.31. The lowest BCUT2D eigenvalue weighted by Gasteiger charge is -2.16. The van der Waals surface area contributed by atoms with Crippen molar-refractivity contribution in [1.82, 2.24) is 19.5 Å². The van der Waals surface area contributed by atoms with Gasteiger partial charge in [-0.25, -0.2) is 17.5 Å². The third-order valence-electron chi connectivity index (χ3n) is 5.40. The van der Waals surface area contributed by atoms with E-state index in [0.29, 0.717) is 16.6 Å². The number of hydrogen-bond acceptors (Lipinski definition) is 9. The molecule has 0 aliphatic heterocycles. The number of nitrogens with zero attached hydrogens (tertiary/aromatic N) is 5. The molecule has 12 nitrogen and oxygen atoms in total. The fourth-order valence-corrected chi connectivity index (χ4v) is 5.83. The van der Waals surface area contributed by atoms with Crippen LogP contribution in [-0.2, 0) is 15.8 Å². The molecule has 0 aliphatic carbocycles. The molecule has 39 heavy (non-hydrogen) atoms. The molecule has 3 aromatic carbocycles. The van der Waals surface area contributed by atoms with Crippen molar-refractivity contribution in [2.24, 2.45) is 0 Å². The number of sulfonamides is 1. The average Bonchev–Trinajstić information content (AvgIpc) is 3.32. The maximum absolute atomic E-state index is 13.3. The van der Waals surface area contributed by atoms with Gasteiger partial charge in [-0.2, -0.15) is 0 Å². The van der Waals surface area contributed by atoms with E-state index in [2.05, 4.69) is 14.9 Å². The Balaban J connectivity index is 1.69. The van der Waals surface area contributed by atoms with Crippen LogP contribution in [0.2, 0.25) is 5.02 Å². The fraction of sp³-hybridized carbons (Fsp3) is 0.130. The first-order valence-corrected chi connectivity index (χ1v) is 13.8. The highest BCUT2D eigenvalue weighted by Gasteiger charge is 2.27. The number of benzene rings is 3. The van der Waals surface area contributed by atoms with Crippen LogP contribution in [0.1, 0.15) is 24.4 Å². The quantitative estimate of drug-likeness (QED) is 0.148. The van der Waals surface area contributed by atoms with Crippen LogP contribution < -0.4 is 4.72 Å². The van der Waals surface area contributed by atoms with Crippen molar-refractivity contribution < 1.29 is 22.7 Å². The Labute approximate surface area is 230 Å². The van der Waals surface area contributed by atoms with E-state index in [1.54, 1.807) is 12.1 Å². The molecule has 1 unspecified atom stereocenters. The topological polar surface area (TPSA) is 163 Å². The Kier molecular flexibility index (Phi) is 8.25. The number of nitrogens with one attached hydrogen (secondary N) is 1. The predicted molar refractivity (Wildman–Crippen MR) is 141 cm³/mol. The molecule has 0 saturated heterocycles. The predicted octanol–water partition coefficient (Wildman–Crippen LogP) is 5.21. The summed E-state index contributed by atoms with van der Waals surface area (Å²) < 4.78 is 43.4. The van der Waals surface area contributed by atoms with Crippen molar-refractivity contribution in [2.45, 2.75) is 28.8 Å². The van der Waals surface area contributed by atoms with E-state index in [4.69, 9.17) is 11.6 Å². The van der Waals surface area contributed by atoms with Gasteiger partial charge in [-0.15, -0.1) is 10.2 Å². The molecule has 0 fully saturated rings. The van der Waals surface area contributed by atoms with Crippen LogP contribution in [0.4, 0.5) is 15.8 Å². The number of rotatable bonds is 10. The van der Waals surface area contributed by atoms with Crippen molar-refractivity contribution in [1.29, 1.82) is 0 Å². The SMILES string of the molecule is CC(NS(=O)(=O)c1ccc(Cl)c([N+](=O)[O-])c1)c1nnc(SCc2ccc(F)cc2)n1-c1ccc([N+](=O)[O-])cc1. The number of aromatic nitrogens is 3. The Hall–Kier alpha value is -3.92. The Morgan fingerprint density at radius 1 is 1.03 bits per heavy atom. The van der Waals surface area contributed by atoms with Gasteiger partial charge in [-0.3, -0.25) is 24.8 Å². The molecule has 1 heterocycles. The molecule has 0 bridgehead atoms. The zero-order valence-corrected chi connectivity index (χ0v) is 22.3. The molecular formula is C23H18ClFN6O6S2. The van der Waals surface area contributed by atoms with E-state index in [0.717, 1.165) is 23.8 Å². The van der Waals surface area contributed by atoms with Crippen LogP contribution in [0.15, 0.2) is 76.8 Å². The van der Waals surface area contributed by atoms with E-state index in [9.17, 15) is 33.0 Å². The number of non-ortho nitro benzene ring substituents is 1. The van der Waals surface area contributed by atoms with Crippen LogP contribution in [0.5, 0.6) is 0 Å². The summed E-state index contributed by atoms with van der Waals surface area (Å²) in [5.41, 5.74) is 0.502. The van der Waals surface area contributed by atoms with Gasteiger partial charge in [0.2, 0.25) is 10.0 Å². The van der Waals surface area contributed by atoms with E-state index < -0.39 is 31.6 Å². The van der Waals surface area contributed by atoms with E-state index in [1.165, 1.54) is 59.7 Å². The second-order valence-electron chi connectivity index (χ2n) is 8.08. The fourth-order valence-electron chi connectivity index (χ4n) is 3.50. The van der Waals surface area contributed by atoms with Gasteiger partial charge in [-0.05, 0) is 48.9 Å². The maximum atomic E-state index is 13.3. The average molecular weight is 593 g/mol. The molecule has 202 valence electrons. The largest absolute Gasteiger partial charge is 0.289 e. The van der Waals surface area contributed by atoms with Crippen LogP contribution in [-0.4, -0.2) is 33.0 Å². The molecule has 0 saturated carbocycles. The first-order valence-electron chi connectivity index (χ1n) is 11.0. The molecule has 1 N–H and O–H groups in total. The Bertz CT molecular complexity index is 1650. The third kappa shape index (κ3) is 6.39. The number of thioether (sulfide) groups is 1. The monoisotopic (exact) mass is 592 g/mol. The minimum atomic E-state index is -4.27. The normalized spacial score (nSPS) is 12.3. The minimum Gasteiger partial charge on any atom is -0.273 e. The summed E-state index contributed by atoms with van der Waals surface area (Å²) in [4.78, 5) is 20.6. The van der Waals surface area contributed by atoms with Gasteiger partial charge in [-0.1, -0.05) is 35.5 Å². The van der Waals surface area contributed by atoms with Gasteiger partial charge in [0.05, 0.1) is 20.8 Å². The van der Waals surface area contributed by atoms with Crippen molar-refractivity contribution in [3.05, 3.63) is 109 Å². The van der Waals surface area contributed by atoms with Crippen LogP contribution in [0.25, 0.3) is 5.69 Å². The lowest BCUT2D eigenvalue weighted by molar-refractivity contribution is -0.385. The second-order valence-corrected chi connectivity index (χ2v) is 11.1. The van der Waals surface area contributed by atoms with Gasteiger partial charge in [0.1, 0.15) is 10.8 Å². The number of hydrogen-bond donors (Lipinski definition) is 1. The summed E-state index contributed by atoms with van der Waals surface area (Å²) in [6.45, 7) is 1.50. The van der Waals surface area contributed by atoms with Crippen molar-refractivity contribution >= 4 is 44.8 Å². The van der Waals surface area contributed by atoms with Crippen molar-refractivity contribution in [3.63, 3.8) is 0 Å². The van der Waals surface area contributed by atoms with Gasteiger partial charge in [0.15, 0.2) is 11.0 Å². The lowest BCUT2D eigenvalue weighted by atomic mass is 10.2. The Morgan fingerprint density at radius 3 is 2.31 bits per heavy atom. The lowest BCUT2D eigenvalue weighted by Crippen LogP contribution is -2.29. The van der Waals surface area contributed by atoms with Gasteiger partial charge >= 0.3 is 0 Å². The molecule has 0 aliphatic rings. The van der Waals surface area contributed by atoms with E-state index in [-0.39, 0.29) is 27.2 Å². The first-order chi connectivity index (χ1) is 18.5. The highest BCUT2D eigenvalue weighted by molar-refractivity contribution is 7.98. The first kappa shape index (κ1) is 28.1. The van der Waals surface area contributed by atoms with Crippen LogP contribution >= 0.6 is 23.4 Å². The molecule has 1 atom stereocenters. The molecule has 0 amide bonds. The molecule has 16 heteroatoms. The summed E-state index contributed by atoms with van der Waals surface area (Å²) in [6.07, 6.45) is 0. The van der Waals surface area contributed by atoms with Crippen LogP contribution in [0.3, 0.4) is 0 Å². The number of nitro groups is 2. The van der Waals surface area contributed by atoms with E-state index in [1.807, 2.05) is 0 Å². The zero-order valence-electron chi connectivity index (χ0n) is 19.9. The molecule has 4 aromatic rings. The second kappa shape index (κ2) is 11.4. The zero-order chi connectivity index (χ0) is 28.3. The minimum absolute atomic E-state index is 0.146. The van der Waals surface area contributed by atoms with Crippen molar-refractivity contribution in [3.8, 4) is 5.69 Å². The maximum Gasteiger partial charge on any atom is 0.289 e. The molecule has 4 rings (SSSR count). The summed E-state index contributed by atoms with van der Waals surface area (Å²) in [6, 6.07) is 13.5. The molecule has 0 radical (unpaired) electrons. The smallest absolute Gasteiger partial charge is 0.273 e. The summed E-state index contributed by atoms with van der Waals surface area (Å²) in [7, 11) is -4.27. The van der Waals surface area contributed by atoms with Gasteiger partial charge < -0.3 is 0 Å². The highest BCUT2D eigenvalue weighted by atomic mass is 35.5. The van der Waals surface area contributed by atoms with Crippen molar-refractivity contribution in [2.75, 3.05) is 0 Å². The Morgan fingerprint density at radius 2 is 1.69 bits per heavy atom. The van der Waals surface area contributed by atoms with Crippen LogP contribution in [0, 0.1) is 26.0 Å². The molecule has 0 spiro atoms. The molecule has 1 aromatic heterocycles. The number of halogens is 2. The third-order valence-corrected chi connectivity index (χ3v) is 8.26. The summed E-state index contributed by atoms with van der Waals surface area (Å²) in [5.74, 6) is 0.143. The van der Waals surface area contributed by atoms with Gasteiger partial charge in [0, 0.05) is 29.6 Å². The standard InChI is InChI=1S/C23H18ClFN6O6S2/c1-14(28-39(36,37)19-10-11-20(24)21(12-19)31(34)35)22-26-27-23(38-13-15-2-4-16(25)5-3-15)29(22)17-6-8-18(9-7-17)30(32)33/h2-12,14,28H,13H2,1H3.